The molecule has 0 aromatic rings. The Hall–Kier alpha value is -1.97. The van der Waals surface area contributed by atoms with E-state index in [1.54, 1.807) is 12.1 Å². The Kier molecular flexibility index (Phi) is 1.48. The van der Waals surface area contributed by atoms with Gasteiger partial charge in [-0.15, -0.1) is 0 Å². The number of pyridine rings is 1. The lowest BCUT2D eigenvalue weighted by atomic mass is 10.2. The van der Waals surface area contributed by atoms with Gasteiger partial charge in [-0.25, -0.2) is 4.79 Å². The number of H-pyrrole nitrogens is 1. The molecule has 0 saturated heterocycles. The summed E-state index contributed by atoms with van der Waals surface area (Å²) in [5.41, 5.74) is 1.32. The first kappa shape index (κ1) is 7.67. The van der Waals surface area contributed by atoms with E-state index in [9.17, 15) is 9.90 Å². The van der Waals surface area contributed by atoms with Crippen LogP contribution in [0.2, 0.25) is 0 Å². The summed E-state index contributed by atoms with van der Waals surface area (Å²) in [5, 5.41) is 18.0. The van der Waals surface area contributed by atoms with Crippen LogP contribution in [0.3, 0.4) is 0 Å². The molecule has 4 nitrogen and oxygen atoms in total. The molecule has 0 spiro atoms. The van der Waals surface area contributed by atoms with Crippen LogP contribution in [0.5, 0.6) is 5.75 Å². The summed E-state index contributed by atoms with van der Waals surface area (Å²) in [6, 6.07) is 6.35. The van der Waals surface area contributed by atoms with Gasteiger partial charge in [-0.1, -0.05) is 6.07 Å². The zero-order chi connectivity index (χ0) is 9.42. The number of aromatic carboxylic acids is 1. The molecular weight excluding hydrogens is 170 g/mol. The third kappa shape index (κ3) is 1.12. The molecule has 0 fully saturated rings. The van der Waals surface area contributed by atoms with Gasteiger partial charge in [-0.05, 0) is 18.2 Å². The SMILES string of the molecule is O=C(O)c1ccc2ccc(O)c-2[nH]1. The minimum atomic E-state index is -1.04. The van der Waals surface area contributed by atoms with Gasteiger partial charge in [0.25, 0.3) is 0 Å². The highest BCUT2D eigenvalue weighted by molar-refractivity contribution is 5.87. The molecule has 1 heterocycles. The largest absolute Gasteiger partial charge is 0.506 e. The van der Waals surface area contributed by atoms with Crippen LogP contribution in [0.4, 0.5) is 0 Å². The van der Waals surface area contributed by atoms with E-state index in [0.29, 0.717) is 5.69 Å². The van der Waals surface area contributed by atoms with Crippen molar-refractivity contribution in [3.63, 3.8) is 0 Å². The van der Waals surface area contributed by atoms with E-state index in [1.165, 1.54) is 12.1 Å². The summed E-state index contributed by atoms with van der Waals surface area (Å²) in [7, 11) is 0. The summed E-state index contributed by atoms with van der Waals surface area (Å²) in [4.78, 5) is 13.2. The average Bonchev–Trinajstić information content (AvgIpc) is 2.47. The first-order valence-electron chi connectivity index (χ1n) is 3.72. The number of hydrogen-bond acceptors (Lipinski definition) is 2. The van der Waals surface area contributed by atoms with Gasteiger partial charge in [-0.2, -0.15) is 0 Å². The van der Waals surface area contributed by atoms with Crippen LogP contribution in [0, 0.1) is 0 Å². The van der Waals surface area contributed by atoms with E-state index < -0.39 is 5.97 Å². The molecule has 2 rings (SSSR count). The number of carboxylic acid groups (broad SMARTS) is 1. The Morgan fingerprint density at radius 1 is 1.23 bits per heavy atom. The van der Waals surface area contributed by atoms with Crippen molar-refractivity contribution in [1.29, 1.82) is 0 Å². The number of carboxylic acids is 1. The fourth-order valence-corrected chi connectivity index (χ4v) is 1.23. The predicted octanol–water partition coefficient (Wildman–Crippen LogP) is 1.52. The fourth-order valence-electron chi connectivity index (χ4n) is 1.23. The second kappa shape index (κ2) is 2.52. The highest BCUT2D eigenvalue weighted by Crippen LogP contribution is 2.30. The standard InChI is InChI=1S/C9H7NO3/c11-7-4-2-5-1-3-6(9(12)13)10-8(5)7/h1-4,10-11H,(H,12,13). The highest BCUT2D eigenvalue weighted by Gasteiger charge is 2.11. The van der Waals surface area contributed by atoms with Gasteiger partial charge in [0.2, 0.25) is 0 Å². The molecule has 4 heteroatoms. The van der Waals surface area contributed by atoms with Crippen LogP contribution in [0.25, 0.3) is 11.3 Å². The molecule has 66 valence electrons. The molecule has 0 amide bonds. The van der Waals surface area contributed by atoms with Gasteiger partial charge < -0.3 is 15.2 Å². The van der Waals surface area contributed by atoms with Crippen LogP contribution in [-0.4, -0.2) is 21.2 Å². The molecule has 0 radical (unpaired) electrons. The molecule has 2 aliphatic rings. The van der Waals surface area contributed by atoms with Gasteiger partial charge in [-0.3, -0.25) is 0 Å². The summed E-state index contributed by atoms with van der Waals surface area (Å²) in [6.45, 7) is 0. The Labute approximate surface area is 73.8 Å². The van der Waals surface area contributed by atoms with Crippen molar-refractivity contribution in [1.82, 2.24) is 4.98 Å². The number of aromatic hydroxyl groups is 1. The first-order valence-corrected chi connectivity index (χ1v) is 3.72. The zero-order valence-electron chi connectivity index (χ0n) is 6.61. The molecule has 3 N–H and O–H groups in total. The predicted molar refractivity (Wildman–Crippen MR) is 46.0 cm³/mol. The summed E-state index contributed by atoms with van der Waals surface area (Å²) >= 11 is 0. The van der Waals surface area contributed by atoms with Crippen molar-refractivity contribution < 1.29 is 15.0 Å². The van der Waals surface area contributed by atoms with E-state index >= 15 is 0 Å². The molecule has 0 aromatic carbocycles. The zero-order valence-corrected chi connectivity index (χ0v) is 6.61. The average molecular weight is 177 g/mol. The Balaban J connectivity index is 2.66. The molecule has 13 heavy (non-hydrogen) atoms. The van der Waals surface area contributed by atoms with Gasteiger partial charge in [0.05, 0.1) is 5.69 Å². The van der Waals surface area contributed by atoms with Crippen molar-refractivity contribution in [3.05, 3.63) is 30.0 Å². The van der Waals surface area contributed by atoms with Crippen molar-refractivity contribution in [2.45, 2.75) is 0 Å². The molecule has 0 bridgehead atoms. The number of aromatic nitrogens is 1. The highest BCUT2D eigenvalue weighted by atomic mass is 16.4. The molecule has 0 unspecified atom stereocenters. The molecule has 0 atom stereocenters. The molecule has 0 aromatic heterocycles. The molecule has 1 aliphatic heterocycles. The van der Waals surface area contributed by atoms with Gasteiger partial charge in [0.15, 0.2) is 0 Å². The van der Waals surface area contributed by atoms with Crippen molar-refractivity contribution in [2.75, 3.05) is 0 Å². The summed E-state index contributed by atoms with van der Waals surface area (Å²) < 4.78 is 0. The van der Waals surface area contributed by atoms with Crippen LogP contribution in [0.15, 0.2) is 24.3 Å². The van der Waals surface area contributed by atoms with Crippen molar-refractivity contribution in [3.8, 4) is 17.0 Å². The van der Waals surface area contributed by atoms with Gasteiger partial charge in [0, 0.05) is 5.56 Å². The number of nitrogens with one attached hydrogen (secondary N) is 1. The van der Waals surface area contributed by atoms with E-state index in [4.69, 9.17) is 5.11 Å². The van der Waals surface area contributed by atoms with Crippen LogP contribution < -0.4 is 0 Å². The normalized spacial score (nSPS) is 10.5. The number of carbonyl (C=O) groups is 1. The summed E-state index contributed by atoms with van der Waals surface area (Å²) in [5.74, 6) is -0.972. The maximum absolute atomic E-state index is 10.6. The maximum atomic E-state index is 10.6. The first-order chi connectivity index (χ1) is 6.18. The van der Waals surface area contributed by atoms with Crippen molar-refractivity contribution >= 4 is 5.97 Å². The number of fused-ring (bicyclic) bond motifs is 1. The Morgan fingerprint density at radius 3 is 2.62 bits per heavy atom. The van der Waals surface area contributed by atoms with Crippen LogP contribution in [-0.2, 0) is 0 Å². The van der Waals surface area contributed by atoms with Gasteiger partial charge in [0.1, 0.15) is 11.4 Å². The second-order valence-electron chi connectivity index (χ2n) is 2.73. The fraction of sp³-hybridized carbons (Fsp3) is 0. The van der Waals surface area contributed by atoms with Crippen molar-refractivity contribution in [2.24, 2.45) is 0 Å². The Bertz CT molecular complexity index is 433. The summed E-state index contributed by atoms with van der Waals surface area (Å²) in [6.07, 6.45) is 0. The van der Waals surface area contributed by atoms with E-state index in [1.807, 2.05) is 0 Å². The van der Waals surface area contributed by atoms with E-state index in [-0.39, 0.29) is 11.4 Å². The third-order valence-electron chi connectivity index (χ3n) is 1.89. The Morgan fingerprint density at radius 2 is 1.92 bits per heavy atom. The quantitative estimate of drug-likeness (QED) is 0.618. The second-order valence-corrected chi connectivity index (χ2v) is 2.73. The van der Waals surface area contributed by atoms with Crippen LogP contribution >= 0.6 is 0 Å². The number of rotatable bonds is 1. The maximum Gasteiger partial charge on any atom is 0.352 e. The smallest absolute Gasteiger partial charge is 0.352 e. The van der Waals surface area contributed by atoms with E-state index in [0.717, 1.165) is 5.56 Å². The lowest BCUT2D eigenvalue weighted by molar-refractivity contribution is 0.0690. The molecule has 1 aliphatic carbocycles. The minimum absolute atomic E-state index is 0.0639. The lowest BCUT2D eigenvalue weighted by Crippen LogP contribution is -2.00. The monoisotopic (exact) mass is 177 g/mol. The van der Waals surface area contributed by atoms with Crippen LogP contribution in [0.1, 0.15) is 10.5 Å². The van der Waals surface area contributed by atoms with Gasteiger partial charge >= 0.3 is 5.97 Å². The topological polar surface area (TPSA) is 73.3 Å². The number of hydrogen-bond donors (Lipinski definition) is 3. The molecular formula is C9H7NO3. The molecule has 0 saturated carbocycles. The lowest BCUT2D eigenvalue weighted by Gasteiger charge is -2.02. The van der Waals surface area contributed by atoms with E-state index in [2.05, 4.69) is 4.98 Å². The minimum Gasteiger partial charge on any atom is -0.506 e. The third-order valence-corrected chi connectivity index (χ3v) is 1.89. The number of aromatic amines is 1.